The largest absolute Gasteiger partial charge is 0.508 e. The van der Waals surface area contributed by atoms with Crippen molar-refractivity contribution in [2.45, 2.75) is 39.5 Å². The SMILES string of the molecule is CCC1(CC)CCN(C(=O)c2cc(O)ccc2N)CC1. The van der Waals surface area contributed by atoms with Gasteiger partial charge in [0.2, 0.25) is 0 Å². The zero-order chi connectivity index (χ0) is 14.8. The van der Waals surface area contributed by atoms with E-state index in [-0.39, 0.29) is 11.7 Å². The third-order valence-electron chi connectivity index (χ3n) is 4.88. The summed E-state index contributed by atoms with van der Waals surface area (Å²) in [5, 5.41) is 9.52. The lowest BCUT2D eigenvalue weighted by molar-refractivity contribution is 0.0558. The van der Waals surface area contributed by atoms with Gasteiger partial charge in [0.15, 0.2) is 0 Å². The van der Waals surface area contributed by atoms with Gasteiger partial charge in [-0.3, -0.25) is 4.79 Å². The molecule has 2 rings (SSSR count). The second kappa shape index (κ2) is 5.73. The molecule has 1 fully saturated rings. The number of nitrogens with zero attached hydrogens (tertiary/aromatic N) is 1. The van der Waals surface area contributed by atoms with Gasteiger partial charge in [0.1, 0.15) is 5.75 Å². The van der Waals surface area contributed by atoms with E-state index in [2.05, 4.69) is 13.8 Å². The molecule has 1 aliphatic heterocycles. The molecule has 0 saturated carbocycles. The Morgan fingerprint density at radius 2 is 1.90 bits per heavy atom. The van der Waals surface area contributed by atoms with Crippen molar-refractivity contribution in [1.29, 1.82) is 0 Å². The molecule has 0 atom stereocenters. The Balaban J connectivity index is 2.10. The van der Waals surface area contributed by atoms with E-state index in [0.29, 0.717) is 16.7 Å². The molecule has 1 aliphatic rings. The fourth-order valence-electron chi connectivity index (χ4n) is 3.04. The smallest absolute Gasteiger partial charge is 0.256 e. The van der Waals surface area contributed by atoms with E-state index >= 15 is 0 Å². The second-order valence-corrected chi connectivity index (χ2v) is 5.77. The predicted octanol–water partition coefficient (Wildman–Crippen LogP) is 3.02. The summed E-state index contributed by atoms with van der Waals surface area (Å²) in [6.07, 6.45) is 4.43. The van der Waals surface area contributed by atoms with Crippen LogP contribution in [0.15, 0.2) is 18.2 Å². The van der Waals surface area contributed by atoms with Gasteiger partial charge >= 0.3 is 0 Å². The van der Waals surface area contributed by atoms with E-state index in [4.69, 9.17) is 5.73 Å². The van der Waals surface area contributed by atoms with Crippen molar-refractivity contribution in [2.75, 3.05) is 18.8 Å². The molecule has 1 amide bonds. The van der Waals surface area contributed by atoms with E-state index in [1.807, 2.05) is 4.90 Å². The molecular formula is C16H24N2O2. The summed E-state index contributed by atoms with van der Waals surface area (Å²) in [7, 11) is 0. The highest BCUT2D eigenvalue weighted by Gasteiger charge is 2.33. The number of hydrogen-bond donors (Lipinski definition) is 2. The highest BCUT2D eigenvalue weighted by molar-refractivity contribution is 5.99. The lowest BCUT2D eigenvalue weighted by atomic mass is 9.74. The lowest BCUT2D eigenvalue weighted by Crippen LogP contribution is -2.43. The van der Waals surface area contributed by atoms with Crippen LogP contribution in [0.2, 0.25) is 0 Å². The van der Waals surface area contributed by atoms with E-state index in [1.165, 1.54) is 25.0 Å². The van der Waals surface area contributed by atoms with Gasteiger partial charge in [-0.2, -0.15) is 0 Å². The molecular weight excluding hydrogens is 252 g/mol. The summed E-state index contributed by atoms with van der Waals surface area (Å²) in [6, 6.07) is 4.54. The monoisotopic (exact) mass is 276 g/mol. The summed E-state index contributed by atoms with van der Waals surface area (Å²) in [4.78, 5) is 14.4. The highest BCUT2D eigenvalue weighted by atomic mass is 16.3. The zero-order valence-corrected chi connectivity index (χ0v) is 12.4. The summed E-state index contributed by atoms with van der Waals surface area (Å²) < 4.78 is 0. The van der Waals surface area contributed by atoms with Gasteiger partial charge in [-0.1, -0.05) is 26.7 Å². The first-order valence-corrected chi connectivity index (χ1v) is 7.39. The standard InChI is InChI=1S/C16H24N2O2/c1-3-16(4-2)7-9-18(10-8-16)15(20)13-11-12(19)5-6-14(13)17/h5-6,11,19H,3-4,7-10,17H2,1-2H3. The molecule has 3 N–H and O–H groups in total. The number of nitrogens with two attached hydrogens (primary N) is 1. The molecule has 1 aromatic carbocycles. The van der Waals surface area contributed by atoms with Crippen molar-refractivity contribution in [1.82, 2.24) is 4.90 Å². The number of likely N-dealkylation sites (tertiary alicyclic amines) is 1. The average Bonchev–Trinajstić information content (AvgIpc) is 2.49. The number of carbonyl (C=O) groups is 1. The third-order valence-corrected chi connectivity index (χ3v) is 4.88. The van der Waals surface area contributed by atoms with Crippen molar-refractivity contribution in [3.8, 4) is 5.75 Å². The lowest BCUT2D eigenvalue weighted by Gasteiger charge is -2.41. The van der Waals surface area contributed by atoms with Gasteiger partial charge < -0.3 is 15.7 Å². The molecule has 1 heterocycles. The summed E-state index contributed by atoms with van der Waals surface area (Å²) >= 11 is 0. The topological polar surface area (TPSA) is 66.6 Å². The predicted molar refractivity (Wildman–Crippen MR) is 80.7 cm³/mol. The number of benzene rings is 1. The van der Waals surface area contributed by atoms with Crippen LogP contribution in [0.4, 0.5) is 5.69 Å². The maximum absolute atomic E-state index is 12.5. The maximum atomic E-state index is 12.5. The van der Waals surface area contributed by atoms with Crippen molar-refractivity contribution >= 4 is 11.6 Å². The Morgan fingerprint density at radius 3 is 2.45 bits per heavy atom. The first-order chi connectivity index (χ1) is 9.51. The molecule has 0 spiro atoms. The first kappa shape index (κ1) is 14.7. The third kappa shape index (κ3) is 2.74. The quantitative estimate of drug-likeness (QED) is 0.658. The number of nitrogen functional groups attached to an aromatic ring is 1. The van der Waals surface area contributed by atoms with Crippen LogP contribution in [0, 0.1) is 5.41 Å². The van der Waals surface area contributed by atoms with Gasteiger partial charge in [-0.15, -0.1) is 0 Å². The van der Waals surface area contributed by atoms with Gasteiger partial charge in [0.25, 0.3) is 5.91 Å². The molecule has 0 aliphatic carbocycles. The minimum atomic E-state index is -0.0702. The molecule has 0 aromatic heterocycles. The van der Waals surface area contributed by atoms with Gasteiger partial charge in [-0.05, 0) is 36.5 Å². The van der Waals surface area contributed by atoms with Crippen molar-refractivity contribution in [3.05, 3.63) is 23.8 Å². The number of carbonyl (C=O) groups excluding carboxylic acids is 1. The first-order valence-electron chi connectivity index (χ1n) is 7.39. The number of amides is 1. The van der Waals surface area contributed by atoms with Gasteiger partial charge in [0.05, 0.1) is 5.56 Å². The number of aromatic hydroxyl groups is 1. The Morgan fingerprint density at radius 1 is 1.30 bits per heavy atom. The number of anilines is 1. The van der Waals surface area contributed by atoms with Crippen molar-refractivity contribution in [3.63, 3.8) is 0 Å². The Kier molecular flexibility index (Phi) is 4.21. The van der Waals surface area contributed by atoms with Crippen LogP contribution in [0.5, 0.6) is 5.75 Å². The summed E-state index contributed by atoms with van der Waals surface area (Å²) in [6.45, 7) is 6.01. The van der Waals surface area contributed by atoms with E-state index in [9.17, 15) is 9.90 Å². The molecule has 1 saturated heterocycles. The van der Waals surface area contributed by atoms with E-state index < -0.39 is 0 Å². The van der Waals surface area contributed by atoms with Crippen LogP contribution in [-0.4, -0.2) is 29.0 Å². The van der Waals surface area contributed by atoms with Gasteiger partial charge in [0, 0.05) is 18.8 Å². The average molecular weight is 276 g/mol. The van der Waals surface area contributed by atoms with E-state index in [0.717, 1.165) is 25.9 Å². The minimum Gasteiger partial charge on any atom is -0.508 e. The van der Waals surface area contributed by atoms with Crippen LogP contribution in [0.1, 0.15) is 49.9 Å². The number of phenolic OH excluding ortho intramolecular Hbond substituents is 1. The molecule has 4 heteroatoms. The Labute approximate surface area is 120 Å². The van der Waals surface area contributed by atoms with Crippen LogP contribution < -0.4 is 5.73 Å². The number of hydrogen-bond acceptors (Lipinski definition) is 3. The number of piperidine rings is 1. The fraction of sp³-hybridized carbons (Fsp3) is 0.562. The zero-order valence-electron chi connectivity index (χ0n) is 12.4. The van der Waals surface area contributed by atoms with E-state index in [1.54, 1.807) is 6.07 Å². The van der Waals surface area contributed by atoms with Crippen molar-refractivity contribution in [2.24, 2.45) is 5.41 Å². The van der Waals surface area contributed by atoms with Crippen LogP contribution in [0.3, 0.4) is 0 Å². The molecule has 110 valence electrons. The van der Waals surface area contributed by atoms with Crippen LogP contribution >= 0.6 is 0 Å². The molecule has 0 bridgehead atoms. The highest BCUT2D eigenvalue weighted by Crippen LogP contribution is 2.38. The van der Waals surface area contributed by atoms with Crippen molar-refractivity contribution < 1.29 is 9.90 Å². The minimum absolute atomic E-state index is 0.0702. The number of rotatable bonds is 3. The Hall–Kier alpha value is -1.71. The molecule has 0 radical (unpaired) electrons. The van der Waals surface area contributed by atoms with Gasteiger partial charge in [-0.25, -0.2) is 0 Å². The second-order valence-electron chi connectivity index (χ2n) is 5.77. The number of phenols is 1. The van der Waals surface area contributed by atoms with Crippen LogP contribution in [0.25, 0.3) is 0 Å². The molecule has 20 heavy (non-hydrogen) atoms. The van der Waals surface area contributed by atoms with Crippen LogP contribution in [-0.2, 0) is 0 Å². The summed E-state index contributed by atoms with van der Waals surface area (Å²) in [5.41, 5.74) is 7.07. The fourth-order valence-corrected chi connectivity index (χ4v) is 3.04. The molecule has 0 unspecified atom stereocenters. The normalized spacial score (nSPS) is 18.0. The maximum Gasteiger partial charge on any atom is 0.256 e. The Bertz CT molecular complexity index is 485. The molecule has 4 nitrogen and oxygen atoms in total. The summed E-state index contributed by atoms with van der Waals surface area (Å²) in [5.74, 6) is 0.00947. The molecule has 1 aromatic rings.